The largest absolute Gasteiger partial charge is 0.432 e. The fourth-order valence-electron chi connectivity index (χ4n) is 0.596. The lowest BCUT2D eigenvalue weighted by atomic mass is 10.2. The molecule has 0 spiro atoms. The van der Waals surface area contributed by atoms with Crippen LogP contribution in [0.1, 0.15) is 34.1 Å². The van der Waals surface area contributed by atoms with Gasteiger partial charge in [0.15, 0.2) is 0 Å². The van der Waals surface area contributed by atoms with Crippen molar-refractivity contribution in [3.63, 3.8) is 0 Å². The van der Waals surface area contributed by atoms with E-state index in [-0.39, 0.29) is 24.0 Å². The molecule has 14 heavy (non-hydrogen) atoms. The van der Waals surface area contributed by atoms with Crippen molar-refractivity contribution in [3.8, 4) is 0 Å². The second kappa shape index (κ2) is 8.16. The van der Waals surface area contributed by atoms with Crippen LogP contribution in [0.25, 0.3) is 0 Å². The molecule has 0 aliphatic rings. The number of hydrogen-bond donors (Lipinski definition) is 0. The van der Waals surface area contributed by atoms with Gasteiger partial charge in [-0.3, -0.25) is 14.4 Å². The van der Waals surface area contributed by atoms with Crippen LogP contribution in [0.5, 0.6) is 0 Å². The molecule has 0 amide bonds. The Morgan fingerprint density at radius 2 is 1.36 bits per heavy atom. The summed E-state index contributed by atoms with van der Waals surface area (Å²) in [5.74, 6) is 0.000000000000000888. The zero-order valence-corrected chi connectivity index (χ0v) is 9.05. The van der Waals surface area contributed by atoms with Gasteiger partial charge < -0.3 is 4.74 Å². The molecule has 0 atom stereocenters. The van der Waals surface area contributed by atoms with Crippen LogP contribution in [0.3, 0.4) is 0 Å². The van der Waals surface area contributed by atoms with E-state index in [0.717, 1.165) is 0 Å². The normalized spacial score (nSPS) is 8.00. The first-order valence-electron chi connectivity index (χ1n) is 4.08. The molecular weight excluding hydrogens is 184 g/mol. The summed E-state index contributed by atoms with van der Waals surface area (Å²) < 4.78 is 4.42. The summed E-state index contributed by atoms with van der Waals surface area (Å²) in [6.07, 6.45) is 0.0833. The summed E-state index contributed by atoms with van der Waals surface area (Å²) in [6, 6.07) is 0. The second-order valence-corrected chi connectivity index (χ2v) is 2.88. The highest BCUT2D eigenvalue weighted by Gasteiger charge is 1.94. The number of rotatable bonds is 3. The highest BCUT2D eigenvalue weighted by molar-refractivity contribution is 5.96. The number of allylic oxidation sites excluding steroid dienone is 1. The maximum atomic E-state index is 10.0. The van der Waals surface area contributed by atoms with Crippen LogP contribution in [0.4, 0.5) is 0 Å². The van der Waals surface area contributed by atoms with Gasteiger partial charge in [0, 0.05) is 6.92 Å². The van der Waals surface area contributed by atoms with E-state index >= 15 is 0 Å². The van der Waals surface area contributed by atoms with E-state index < -0.39 is 0 Å². The van der Waals surface area contributed by atoms with E-state index in [0.29, 0.717) is 5.76 Å². The van der Waals surface area contributed by atoms with Crippen molar-refractivity contribution in [2.75, 3.05) is 0 Å². The van der Waals surface area contributed by atoms with Gasteiger partial charge >= 0.3 is 5.97 Å². The van der Waals surface area contributed by atoms with Crippen LogP contribution < -0.4 is 0 Å². The minimum absolute atomic E-state index is 0.0625. The van der Waals surface area contributed by atoms with Crippen LogP contribution in [-0.2, 0) is 19.1 Å². The van der Waals surface area contributed by atoms with E-state index in [4.69, 9.17) is 0 Å². The van der Waals surface area contributed by atoms with Gasteiger partial charge in [-0.2, -0.15) is 0 Å². The molecule has 4 heteroatoms. The smallest absolute Gasteiger partial charge is 0.307 e. The highest BCUT2D eigenvalue weighted by atomic mass is 16.5. The van der Waals surface area contributed by atoms with Crippen molar-refractivity contribution in [1.82, 2.24) is 0 Å². The number of ketones is 2. The van der Waals surface area contributed by atoms with E-state index in [1.807, 2.05) is 0 Å². The molecule has 0 bridgehead atoms. The molecule has 0 aliphatic heterocycles. The van der Waals surface area contributed by atoms with Gasteiger partial charge in [-0.05, 0) is 20.8 Å². The molecule has 0 aliphatic carbocycles. The first-order valence-corrected chi connectivity index (χ1v) is 4.08. The van der Waals surface area contributed by atoms with E-state index in [1.54, 1.807) is 6.92 Å². The van der Waals surface area contributed by atoms with E-state index in [1.165, 1.54) is 20.8 Å². The van der Waals surface area contributed by atoms with Gasteiger partial charge in [0.1, 0.15) is 11.6 Å². The van der Waals surface area contributed by atoms with Crippen molar-refractivity contribution in [2.24, 2.45) is 0 Å². The van der Waals surface area contributed by atoms with Gasteiger partial charge in [0.2, 0.25) is 0 Å². The van der Waals surface area contributed by atoms with Crippen molar-refractivity contribution in [3.05, 3.63) is 12.3 Å². The summed E-state index contributed by atoms with van der Waals surface area (Å²) >= 11 is 0. The van der Waals surface area contributed by atoms with Gasteiger partial charge in [-0.1, -0.05) is 6.58 Å². The Bertz CT molecular complexity index is 191. The Balaban J connectivity index is 0. The molecule has 0 heterocycles. The molecule has 0 rings (SSSR count). The van der Waals surface area contributed by atoms with Gasteiger partial charge in [-0.15, -0.1) is 0 Å². The lowest BCUT2D eigenvalue weighted by Gasteiger charge is -1.93. The minimum Gasteiger partial charge on any atom is -0.432 e. The molecule has 0 unspecified atom stereocenters. The molecule has 0 N–H and O–H groups in total. The van der Waals surface area contributed by atoms with Crippen molar-refractivity contribution >= 4 is 17.5 Å². The second-order valence-electron chi connectivity index (χ2n) is 2.88. The average molecular weight is 200 g/mol. The monoisotopic (exact) mass is 200 g/mol. The van der Waals surface area contributed by atoms with E-state index in [9.17, 15) is 14.4 Å². The van der Waals surface area contributed by atoms with Gasteiger partial charge in [0.25, 0.3) is 0 Å². The Morgan fingerprint density at radius 1 is 1.00 bits per heavy atom. The van der Waals surface area contributed by atoms with E-state index in [2.05, 4.69) is 11.3 Å². The third kappa shape index (κ3) is 22.4. The first kappa shape index (κ1) is 15.0. The molecule has 4 nitrogen and oxygen atoms in total. The Labute approximate surface area is 83.9 Å². The molecule has 0 saturated carbocycles. The Morgan fingerprint density at radius 3 is 1.36 bits per heavy atom. The zero-order chi connectivity index (χ0) is 11.7. The lowest BCUT2D eigenvalue weighted by Crippen LogP contribution is -1.97. The molecular formula is C10H16O4. The molecule has 0 aromatic heterocycles. The number of carbonyl (C=O) groups excluding carboxylic acids is 3. The number of ether oxygens (including phenoxy) is 1. The Hall–Kier alpha value is -1.45. The third-order valence-electron chi connectivity index (χ3n) is 0.816. The summed E-state index contributed by atoms with van der Waals surface area (Å²) in [5, 5.41) is 0. The summed E-state index contributed by atoms with van der Waals surface area (Å²) in [7, 11) is 0. The molecule has 0 aromatic carbocycles. The predicted octanol–water partition coefficient (Wildman–Crippen LogP) is 1.64. The predicted molar refractivity (Wildman–Crippen MR) is 52.6 cm³/mol. The molecule has 0 aromatic rings. The summed E-state index contributed by atoms with van der Waals surface area (Å²) in [6.45, 7) is 9.13. The van der Waals surface area contributed by atoms with Gasteiger partial charge in [-0.25, -0.2) is 0 Å². The van der Waals surface area contributed by atoms with Crippen LogP contribution in [0.15, 0.2) is 12.3 Å². The fraction of sp³-hybridized carbons (Fsp3) is 0.500. The third-order valence-corrected chi connectivity index (χ3v) is 0.816. The molecule has 0 radical (unpaired) electrons. The maximum Gasteiger partial charge on any atom is 0.307 e. The SMILES string of the molecule is C=C(C)OC(C)=O.CC(=O)CC(C)=O. The minimum atomic E-state index is -0.312. The first-order chi connectivity index (χ1) is 6.25. The van der Waals surface area contributed by atoms with Crippen molar-refractivity contribution in [1.29, 1.82) is 0 Å². The van der Waals surface area contributed by atoms with Crippen molar-refractivity contribution < 1.29 is 19.1 Å². The lowest BCUT2D eigenvalue weighted by molar-refractivity contribution is -0.136. The number of hydrogen-bond acceptors (Lipinski definition) is 4. The zero-order valence-electron chi connectivity index (χ0n) is 9.05. The summed E-state index contributed by atoms with van der Waals surface area (Å²) in [5.41, 5.74) is 0. The molecule has 0 saturated heterocycles. The Kier molecular flexibility index (Phi) is 8.77. The average Bonchev–Trinajstić information content (AvgIpc) is 1.79. The van der Waals surface area contributed by atoms with Crippen LogP contribution >= 0.6 is 0 Å². The molecule has 80 valence electrons. The number of carbonyl (C=O) groups is 3. The quantitative estimate of drug-likeness (QED) is 0.394. The maximum absolute atomic E-state index is 10.0. The topological polar surface area (TPSA) is 60.4 Å². The number of Topliss-reactive ketones (excluding diaryl/α,β-unsaturated/α-hetero) is 2. The van der Waals surface area contributed by atoms with Gasteiger partial charge in [0.05, 0.1) is 12.2 Å². The molecule has 0 fully saturated rings. The highest BCUT2D eigenvalue weighted by Crippen LogP contribution is 1.87. The van der Waals surface area contributed by atoms with Crippen LogP contribution in [0.2, 0.25) is 0 Å². The standard InChI is InChI=1S/2C5H8O2/c1-4(6)3-5(2)7;1-4(2)7-5(3)6/h3H2,1-2H3;1H2,2-3H3. The van der Waals surface area contributed by atoms with Crippen LogP contribution in [0, 0.1) is 0 Å². The number of esters is 1. The fourth-order valence-corrected chi connectivity index (χ4v) is 0.596. The summed E-state index contributed by atoms with van der Waals surface area (Å²) in [4.78, 5) is 30.0. The van der Waals surface area contributed by atoms with Crippen molar-refractivity contribution in [2.45, 2.75) is 34.1 Å². The van der Waals surface area contributed by atoms with Crippen LogP contribution in [-0.4, -0.2) is 17.5 Å².